The van der Waals surface area contributed by atoms with Crippen molar-refractivity contribution in [3.63, 3.8) is 0 Å². The first-order chi connectivity index (χ1) is 20.7. The van der Waals surface area contributed by atoms with Crippen molar-refractivity contribution in [3.8, 4) is 0 Å². The van der Waals surface area contributed by atoms with Gasteiger partial charge in [0.2, 0.25) is 21.8 Å². The van der Waals surface area contributed by atoms with Gasteiger partial charge in [-0.15, -0.1) is 0 Å². The van der Waals surface area contributed by atoms with E-state index < -0.39 is 27.8 Å². The number of halogens is 3. The summed E-state index contributed by atoms with van der Waals surface area (Å²) in [5.74, 6) is -0.671. The van der Waals surface area contributed by atoms with Gasteiger partial charge in [0, 0.05) is 32.0 Å². The SMILES string of the molecule is CC[C@H](C)NC(=O)[C@@H](Cc1ccccc1)N(Cc1cccc(C)c1)C(=O)CCCN(c1cccc(C(F)(F)F)c1)S(C)(=O)=O. The van der Waals surface area contributed by atoms with Gasteiger partial charge in [0.25, 0.3) is 0 Å². The van der Waals surface area contributed by atoms with E-state index in [-0.39, 0.29) is 55.9 Å². The van der Waals surface area contributed by atoms with E-state index in [4.69, 9.17) is 0 Å². The Morgan fingerprint density at radius 2 is 1.59 bits per heavy atom. The fraction of sp³-hybridized carbons (Fsp3) is 0.394. The Morgan fingerprint density at radius 1 is 0.932 bits per heavy atom. The minimum Gasteiger partial charge on any atom is -0.352 e. The molecular weight excluding hydrogens is 591 g/mol. The third kappa shape index (κ3) is 10.1. The van der Waals surface area contributed by atoms with Crippen molar-refractivity contribution in [2.24, 2.45) is 0 Å². The quantitative estimate of drug-likeness (QED) is 0.233. The summed E-state index contributed by atoms with van der Waals surface area (Å²) in [6.07, 6.45) is -2.87. The number of carbonyl (C=O) groups is 2. The van der Waals surface area contributed by atoms with Crippen LogP contribution in [0.4, 0.5) is 18.9 Å². The fourth-order valence-corrected chi connectivity index (χ4v) is 5.80. The number of aryl methyl sites for hydroxylation is 1. The zero-order chi connectivity index (χ0) is 32.5. The lowest BCUT2D eigenvalue weighted by Crippen LogP contribution is -2.52. The van der Waals surface area contributed by atoms with E-state index in [2.05, 4.69) is 5.32 Å². The molecule has 0 aliphatic rings. The number of hydrogen-bond acceptors (Lipinski definition) is 4. The van der Waals surface area contributed by atoms with Gasteiger partial charge in [-0.1, -0.05) is 73.2 Å². The number of sulfonamides is 1. The van der Waals surface area contributed by atoms with Crippen LogP contribution in [-0.2, 0) is 38.8 Å². The van der Waals surface area contributed by atoms with Crippen LogP contribution in [0, 0.1) is 6.92 Å². The van der Waals surface area contributed by atoms with E-state index in [1.54, 1.807) is 0 Å². The molecule has 0 aliphatic heterocycles. The molecule has 0 unspecified atom stereocenters. The van der Waals surface area contributed by atoms with Gasteiger partial charge in [-0.05, 0) is 56.0 Å². The van der Waals surface area contributed by atoms with Crippen LogP contribution >= 0.6 is 0 Å². The molecule has 0 aromatic heterocycles. The third-order valence-electron chi connectivity index (χ3n) is 7.32. The smallest absolute Gasteiger partial charge is 0.352 e. The predicted molar refractivity (Wildman–Crippen MR) is 166 cm³/mol. The maximum absolute atomic E-state index is 13.9. The van der Waals surface area contributed by atoms with Crippen molar-refractivity contribution in [1.29, 1.82) is 0 Å². The summed E-state index contributed by atoms with van der Waals surface area (Å²) in [5.41, 5.74) is 1.57. The first kappa shape index (κ1) is 34.6. The molecule has 3 rings (SSSR count). The monoisotopic (exact) mass is 631 g/mol. The molecule has 0 saturated carbocycles. The summed E-state index contributed by atoms with van der Waals surface area (Å²) in [6, 6.07) is 20.1. The molecule has 11 heteroatoms. The predicted octanol–water partition coefficient (Wildman–Crippen LogP) is 6.11. The molecule has 0 saturated heterocycles. The van der Waals surface area contributed by atoms with Gasteiger partial charge in [-0.3, -0.25) is 13.9 Å². The third-order valence-corrected chi connectivity index (χ3v) is 8.52. The molecule has 0 radical (unpaired) electrons. The summed E-state index contributed by atoms with van der Waals surface area (Å²) >= 11 is 0. The highest BCUT2D eigenvalue weighted by Crippen LogP contribution is 2.32. The van der Waals surface area contributed by atoms with Gasteiger partial charge < -0.3 is 10.2 Å². The fourth-order valence-electron chi connectivity index (χ4n) is 4.84. The van der Waals surface area contributed by atoms with Crippen LogP contribution in [0.5, 0.6) is 0 Å². The van der Waals surface area contributed by atoms with Crippen molar-refractivity contribution >= 4 is 27.5 Å². The van der Waals surface area contributed by atoms with Crippen LogP contribution in [0.25, 0.3) is 0 Å². The lowest BCUT2D eigenvalue weighted by Gasteiger charge is -2.33. The lowest BCUT2D eigenvalue weighted by atomic mass is 10.0. The van der Waals surface area contributed by atoms with E-state index in [0.717, 1.165) is 45.5 Å². The topological polar surface area (TPSA) is 86.8 Å². The number of alkyl halides is 3. The molecule has 0 spiro atoms. The molecule has 238 valence electrons. The highest BCUT2D eigenvalue weighted by Gasteiger charge is 2.33. The Morgan fingerprint density at radius 3 is 2.20 bits per heavy atom. The second kappa shape index (κ2) is 15.2. The first-order valence-corrected chi connectivity index (χ1v) is 16.4. The van der Waals surface area contributed by atoms with Crippen molar-refractivity contribution in [1.82, 2.24) is 10.2 Å². The first-order valence-electron chi connectivity index (χ1n) is 14.5. The summed E-state index contributed by atoms with van der Waals surface area (Å²) < 4.78 is 66.1. The van der Waals surface area contributed by atoms with Crippen molar-refractivity contribution in [3.05, 3.63) is 101 Å². The highest BCUT2D eigenvalue weighted by molar-refractivity contribution is 7.92. The van der Waals surface area contributed by atoms with Crippen LogP contribution in [-0.4, -0.2) is 50.0 Å². The number of hydrogen-bond donors (Lipinski definition) is 1. The number of benzene rings is 3. The zero-order valence-corrected chi connectivity index (χ0v) is 26.3. The molecule has 0 fully saturated rings. The Balaban J connectivity index is 1.91. The van der Waals surface area contributed by atoms with Gasteiger partial charge in [0.05, 0.1) is 17.5 Å². The Labute approximate surface area is 258 Å². The van der Waals surface area contributed by atoms with Gasteiger partial charge in [0.1, 0.15) is 6.04 Å². The average Bonchev–Trinajstić information content (AvgIpc) is 2.96. The van der Waals surface area contributed by atoms with E-state index >= 15 is 0 Å². The second-order valence-electron chi connectivity index (χ2n) is 11.0. The Kier molecular flexibility index (Phi) is 12.0. The molecule has 3 aromatic carbocycles. The summed E-state index contributed by atoms with van der Waals surface area (Å²) in [5, 5.41) is 3.00. The van der Waals surface area contributed by atoms with Crippen LogP contribution in [0.1, 0.15) is 55.4 Å². The maximum atomic E-state index is 13.9. The van der Waals surface area contributed by atoms with Crippen molar-refractivity contribution in [2.45, 2.75) is 71.3 Å². The van der Waals surface area contributed by atoms with E-state index in [1.165, 1.54) is 11.0 Å². The van der Waals surface area contributed by atoms with Gasteiger partial charge >= 0.3 is 6.18 Å². The Bertz CT molecular complexity index is 1510. The molecule has 7 nitrogen and oxygen atoms in total. The van der Waals surface area contributed by atoms with Crippen LogP contribution in [0.15, 0.2) is 78.9 Å². The van der Waals surface area contributed by atoms with Crippen molar-refractivity contribution in [2.75, 3.05) is 17.1 Å². The highest BCUT2D eigenvalue weighted by atomic mass is 32.2. The van der Waals surface area contributed by atoms with E-state index in [0.29, 0.717) is 6.42 Å². The molecule has 1 N–H and O–H groups in total. The molecule has 0 heterocycles. The molecule has 0 bridgehead atoms. The summed E-state index contributed by atoms with van der Waals surface area (Å²) in [4.78, 5) is 29.1. The van der Waals surface area contributed by atoms with Gasteiger partial charge in [-0.2, -0.15) is 13.2 Å². The number of amides is 2. The minimum atomic E-state index is -4.64. The molecule has 44 heavy (non-hydrogen) atoms. The van der Waals surface area contributed by atoms with Crippen molar-refractivity contribution < 1.29 is 31.2 Å². The summed E-state index contributed by atoms with van der Waals surface area (Å²) in [6.45, 7) is 5.70. The minimum absolute atomic E-state index is 0.0253. The van der Waals surface area contributed by atoms with E-state index in [9.17, 15) is 31.2 Å². The molecule has 2 atom stereocenters. The van der Waals surface area contributed by atoms with Gasteiger partial charge in [0.15, 0.2) is 0 Å². The van der Waals surface area contributed by atoms with Gasteiger partial charge in [-0.25, -0.2) is 8.42 Å². The Hall–Kier alpha value is -3.86. The number of carbonyl (C=O) groups excluding carboxylic acids is 2. The molecule has 3 aromatic rings. The second-order valence-corrected chi connectivity index (χ2v) is 12.9. The normalized spacial score (nSPS) is 13.2. The van der Waals surface area contributed by atoms with E-state index in [1.807, 2.05) is 75.4 Å². The molecule has 2 amide bonds. The van der Waals surface area contributed by atoms with Crippen LogP contribution in [0.2, 0.25) is 0 Å². The number of anilines is 1. The largest absolute Gasteiger partial charge is 0.416 e. The number of nitrogens with one attached hydrogen (secondary N) is 1. The average molecular weight is 632 g/mol. The summed E-state index contributed by atoms with van der Waals surface area (Å²) in [7, 11) is -3.96. The van der Waals surface area contributed by atoms with Crippen LogP contribution < -0.4 is 9.62 Å². The number of rotatable bonds is 14. The molecular formula is C33H40F3N3O4S. The molecule has 0 aliphatic carbocycles. The number of nitrogens with zero attached hydrogens (tertiary/aromatic N) is 2. The zero-order valence-electron chi connectivity index (χ0n) is 25.5. The van der Waals surface area contributed by atoms with Crippen LogP contribution in [0.3, 0.4) is 0 Å². The maximum Gasteiger partial charge on any atom is 0.416 e. The standard InChI is InChI=1S/C33H40F3N3O4S/c1-5-25(3)37-32(41)30(21-26-13-7-6-8-14-26)38(23-27-15-9-12-24(2)20-27)31(40)18-11-19-39(44(4,42)43)29-17-10-16-28(22-29)33(34,35)36/h6-10,12-17,20,22,25,30H,5,11,18-19,21,23H2,1-4H3,(H,37,41)/t25-,30+/m0/s1. The lowest BCUT2D eigenvalue weighted by molar-refractivity contribution is -0.141.